The van der Waals surface area contributed by atoms with Gasteiger partial charge in [0.2, 0.25) is 5.91 Å². The summed E-state index contributed by atoms with van der Waals surface area (Å²) in [7, 11) is 0. The summed E-state index contributed by atoms with van der Waals surface area (Å²) in [4.78, 5) is 15.2. The zero-order valence-corrected chi connectivity index (χ0v) is 17.1. The van der Waals surface area contributed by atoms with E-state index in [2.05, 4.69) is 80.4 Å². The van der Waals surface area contributed by atoms with Gasteiger partial charge in [0.25, 0.3) is 0 Å². The predicted octanol–water partition coefficient (Wildman–Crippen LogP) is 4.70. The molecule has 1 N–H and O–H groups in total. The van der Waals surface area contributed by atoms with Crippen molar-refractivity contribution in [2.75, 3.05) is 13.1 Å². The van der Waals surface area contributed by atoms with Gasteiger partial charge in [-0.1, -0.05) is 53.6 Å². The second-order valence-electron chi connectivity index (χ2n) is 8.13. The first-order chi connectivity index (χ1) is 12.9. The van der Waals surface area contributed by atoms with Crippen LogP contribution in [0.15, 0.2) is 42.5 Å². The van der Waals surface area contributed by atoms with Crippen LogP contribution in [-0.4, -0.2) is 23.9 Å². The quantitative estimate of drug-likeness (QED) is 0.834. The largest absolute Gasteiger partial charge is 0.349 e. The second kappa shape index (κ2) is 8.71. The summed E-state index contributed by atoms with van der Waals surface area (Å²) in [5.74, 6) is 0.338. The molecular weight excluding hydrogens is 332 g/mol. The molecule has 1 aliphatic heterocycles. The number of aryl methyl sites for hydroxylation is 3. The van der Waals surface area contributed by atoms with E-state index in [0.29, 0.717) is 0 Å². The minimum absolute atomic E-state index is 0.0581. The van der Waals surface area contributed by atoms with Gasteiger partial charge in [-0.05, 0) is 70.3 Å². The van der Waals surface area contributed by atoms with Crippen LogP contribution in [0.4, 0.5) is 0 Å². The lowest BCUT2D eigenvalue weighted by atomic mass is 9.94. The number of nitrogens with zero attached hydrogens (tertiary/aromatic N) is 1. The van der Waals surface area contributed by atoms with Crippen molar-refractivity contribution in [3.8, 4) is 0 Å². The fraction of sp³-hybridized carbons (Fsp3) is 0.458. The fourth-order valence-electron chi connectivity index (χ4n) is 4.06. The van der Waals surface area contributed by atoms with Crippen LogP contribution in [0.5, 0.6) is 0 Å². The minimum Gasteiger partial charge on any atom is -0.349 e. The van der Waals surface area contributed by atoms with E-state index >= 15 is 0 Å². The first-order valence-corrected chi connectivity index (χ1v) is 10.1. The Morgan fingerprint density at radius 3 is 2.48 bits per heavy atom. The summed E-state index contributed by atoms with van der Waals surface area (Å²) in [5.41, 5.74) is 6.37. The van der Waals surface area contributed by atoms with E-state index < -0.39 is 0 Å². The Bertz CT molecular complexity index is 791. The average molecular weight is 365 g/mol. The Morgan fingerprint density at radius 2 is 1.78 bits per heavy atom. The molecule has 0 bridgehead atoms. The predicted molar refractivity (Wildman–Crippen MR) is 112 cm³/mol. The molecule has 0 aliphatic carbocycles. The Balaban J connectivity index is 1.51. The van der Waals surface area contributed by atoms with E-state index in [1.165, 1.54) is 27.8 Å². The number of hydrogen-bond donors (Lipinski definition) is 1. The van der Waals surface area contributed by atoms with Crippen molar-refractivity contribution in [1.29, 1.82) is 0 Å². The number of nitrogens with one attached hydrogen (secondary N) is 1. The van der Waals surface area contributed by atoms with E-state index in [4.69, 9.17) is 0 Å². The van der Waals surface area contributed by atoms with Crippen molar-refractivity contribution in [3.05, 3.63) is 70.3 Å². The number of piperidine rings is 1. The molecule has 27 heavy (non-hydrogen) atoms. The lowest BCUT2D eigenvalue weighted by Gasteiger charge is -2.32. The fourth-order valence-corrected chi connectivity index (χ4v) is 4.06. The van der Waals surface area contributed by atoms with E-state index in [9.17, 15) is 4.79 Å². The van der Waals surface area contributed by atoms with Gasteiger partial charge >= 0.3 is 0 Å². The van der Waals surface area contributed by atoms with Gasteiger partial charge in [0, 0.05) is 12.5 Å². The summed E-state index contributed by atoms with van der Waals surface area (Å²) >= 11 is 0. The maximum Gasteiger partial charge on any atom is 0.223 e. The summed E-state index contributed by atoms with van der Waals surface area (Å²) < 4.78 is 0. The molecule has 0 spiro atoms. The molecule has 0 radical (unpaired) electrons. The van der Waals surface area contributed by atoms with Crippen LogP contribution in [0.25, 0.3) is 0 Å². The molecule has 1 saturated heterocycles. The second-order valence-corrected chi connectivity index (χ2v) is 8.13. The maximum absolute atomic E-state index is 12.8. The van der Waals surface area contributed by atoms with E-state index in [1.807, 2.05) is 0 Å². The van der Waals surface area contributed by atoms with Gasteiger partial charge in [-0.3, -0.25) is 9.69 Å². The van der Waals surface area contributed by atoms with Gasteiger partial charge in [0.05, 0.1) is 6.04 Å². The third-order valence-corrected chi connectivity index (χ3v) is 5.71. The van der Waals surface area contributed by atoms with Gasteiger partial charge in [0.1, 0.15) is 0 Å². The molecule has 1 fully saturated rings. The monoisotopic (exact) mass is 364 g/mol. The zero-order valence-electron chi connectivity index (χ0n) is 17.1. The molecule has 1 unspecified atom stereocenters. The molecule has 0 aromatic heterocycles. The topological polar surface area (TPSA) is 32.3 Å². The third kappa shape index (κ3) is 5.20. The molecule has 1 aliphatic rings. The molecule has 2 aromatic rings. The summed E-state index contributed by atoms with van der Waals surface area (Å²) in [5, 5.41) is 3.25. The zero-order chi connectivity index (χ0) is 19.4. The third-order valence-electron chi connectivity index (χ3n) is 5.71. The van der Waals surface area contributed by atoms with Gasteiger partial charge < -0.3 is 5.32 Å². The van der Waals surface area contributed by atoms with Gasteiger partial charge in [-0.2, -0.15) is 0 Å². The Kier molecular flexibility index (Phi) is 6.33. The van der Waals surface area contributed by atoms with Crippen molar-refractivity contribution in [3.63, 3.8) is 0 Å². The van der Waals surface area contributed by atoms with Crippen LogP contribution >= 0.6 is 0 Å². The molecular formula is C24H32N2O. The summed E-state index contributed by atoms with van der Waals surface area (Å²) in [6.45, 7) is 11.4. The highest BCUT2D eigenvalue weighted by Gasteiger charge is 2.26. The maximum atomic E-state index is 12.8. The van der Waals surface area contributed by atoms with Crippen molar-refractivity contribution in [1.82, 2.24) is 10.2 Å². The van der Waals surface area contributed by atoms with Crippen LogP contribution in [-0.2, 0) is 11.3 Å². The minimum atomic E-state index is 0.0581. The highest BCUT2D eigenvalue weighted by molar-refractivity contribution is 5.79. The normalized spacial score (nSPS) is 16.9. The summed E-state index contributed by atoms with van der Waals surface area (Å²) in [6.07, 6.45) is 1.88. The summed E-state index contributed by atoms with van der Waals surface area (Å²) in [6, 6.07) is 15.2. The van der Waals surface area contributed by atoms with E-state index in [0.717, 1.165) is 32.5 Å². The molecule has 3 heteroatoms. The molecule has 1 atom stereocenters. The molecule has 2 aromatic carbocycles. The smallest absolute Gasteiger partial charge is 0.223 e. The Morgan fingerprint density at radius 1 is 1.07 bits per heavy atom. The molecule has 0 saturated carbocycles. The number of likely N-dealkylation sites (tertiary alicyclic amines) is 1. The van der Waals surface area contributed by atoms with Crippen molar-refractivity contribution in [2.45, 2.75) is 53.1 Å². The average Bonchev–Trinajstić information content (AvgIpc) is 2.64. The number of carbonyl (C=O) groups is 1. The molecule has 3 nitrogen and oxygen atoms in total. The molecule has 144 valence electrons. The lowest BCUT2D eigenvalue weighted by Crippen LogP contribution is -2.41. The SMILES string of the molecule is Cc1cccc(CN2CCC(C(=O)NC(C)c3cc(C)ccc3C)CC2)c1. The van der Waals surface area contributed by atoms with Crippen molar-refractivity contribution in [2.24, 2.45) is 5.92 Å². The number of carbonyl (C=O) groups excluding carboxylic acids is 1. The van der Waals surface area contributed by atoms with E-state index in [-0.39, 0.29) is 17.9 Å². The van der Waals surface area contributed by atoms with Crippen LogP contribution in [0, 0.1) is 26.7 Å². The molecule has 1 heterocycles. The molecule has 1 amide bonds. The van der Waals surface area contributed by atoms with Crippen molar-refractivity contribution >= 4 is 5.91 Å². The Hall–Kier alpha value is -2.13. The number of benzene rings is 2. The highest BCUT2D eigenvalue weighted by atomic mass is 16.1. The first kappa shape index (κ1) is 19.6. The lowest BCUT2D eigenvalue weighted by molar-refractivity contribution is -0.127. The number of amides is 1. The first-order valence-electron chi connectivity index (χ1n) is 10.1. The highest BCUT2D eigenvalue weighted by Crippen LogP contribution is 2.23. The van der Waals surface area contributed by atoms with Crippen LogP contribution in [0.2, 0.25) is 0 Å². The molecule has 3 rings (SSSR count). The standard InChI is InChI=1S/C24H32N2O/c1-17-6-5-7-21(14-17)16-26-12-10-22(11-13-26)24(27)25-20(4)23-15-18(2)8-9-19(23)3/h5-9,14-15,20,22H,10-13,16H2,1-4H3,(H,25,27). The van der Waals surface area contributed by atoms with Gasteiger partial charge in [-0.15, -0.1) is 0 Å². The number of rotatable bonds is 5. The van der Waals surface area contributed by atoms with E-state index in [1.54, 1.807) is 0 Å². The van der Waals surface area contributed by atoms with Crippen LogP contribution in [0.1, 0.15) is 53.6 Å². The van der Waals surface area contributed by atoms with Crippen LogP contribution in [0.3, 0.4) is 0 Å². The van der Waals surface area contributed by atoms with Gasteiger partial charge in [0.15, 0.2) is 0 Å². The number of hydrogen-bond acceptors (Lipinski definition) is 2. The van der Waals surface area contributed by atoms with Crippen molar-refractivity contribution < 1.29 is 4.79 Å². The Labute approximate surface area is 163 Å². The van der Waals surface area contributed by atoms with Crippen LogP contribution < -0.4 is 5.32 Å². The van der Waals surface area contributed by atoms with Gasteiger partial charge in [-0.25, -0.2) is 0 Å².